The van der Waals surface area contributed by atoms with Crippen molar-refractivity contribution in [3.8, 4) is 6.07 Å². The van der Waals surface area contributed by atoms with Crippen LogP contribution in [0.15, 0.2) is 11.1 Å². The number of aromatic nitrogens is 1. The van der Waals surface area contributed by atoms with Crippen LogP contribution in [0.3, 0.4) is 0 Å². The normalized spacial score (nSPS) is 18.7. The molecule has 1 fully saturated rings. The Kier molecular flexibility index (Phi) is 7.66. The molecule has 2 heterocycles. The second-order valence-electron chi connectivity index (χ2n) is 6.75. The number of hydrogen-bond donors (Lipinski definition) is 0. The number of thioether (sulfide) groups is 1. The van der Waals surface area contributed by atoms with Gasteiger partial charge in [-0.1, -0.05) is 11.8 Å². The van der Waals surface area contributed by atoms with Crippen molar-refractivity contribution in [3.05, 3.63) is 22.9 Å². The minimum atomic E-state index is -3.10. The van der Waals surface area contributed by atoms with Crippen LogP contribution in [-0.2, 0) is 19.4 Å². The van der Waals surface area contributed by atoms with Crippen LogP contribution in [0.2, 0.25) is 0 Å². The van der Waals surface area contributed by atoms with E-state index in [0.717, 1.165) is 11.8 Å². The molecule has 0 N–H and O–H groups in total. The Bertz CT molecular complexity index is 940. The predicted octanol–water partition coefficient (Wildman–Crippen LogP) is 1.95. The summed E-state index contributed by atoms with van der Waals surface area (Å²) in [6, 6.07) is 3.13. The summed E-state index contributed by atoms with van der Waals surface area (Å²) in [5, 5.41) is 9.26. The van der Waals surface area contributed by atoms with E-state index in [1.54, 1.807) is 25.7 Å². The highest BCUT2D eigenvalue weighted by Crippen LogP contribution is 2.29. The van der Waals surface area contributed by atoms with Crippen molar-refractivity contribution >= 4 is 33.5 Å². The fourth-order valence-electron chi connectivity index (χ4n) is 3.24. The summed E-state index contributed by atoms with van der Waals surface area (Å²) >= 11 is 1.13. The van der Waals surface area contributed by atoms with Gasteiger partial charge in [0.25, 0.3) is 0 Å². The summed E-state index contributed by atoms with van der Waals surface area (Å²) < 4.78 is 28.5. The number of rotatable bonds is 7. The molecule has 1 aromatic rings. The van der Waals surface area contributed by atoms with Crippen LogP contribution in [0, 0.1) is 18.3 Å². The van der Waals surface area contributed by atoms with Gasteiger partial charge in [0, 0.05) is 12.6 Å². The van der Waals surface area contributed by atoms with Crippen molar-refractivity contribution in [1.82, 2.24) is 9.88 Å². The highest BCUT2D eigenvalue weighted by Gasteiger charge is 2.35. The summed E-state index contributed by atoms with van der Waals surface area (Å²) in [6.45, 7) is 7.48. The highest BCUT2D eigenvalue weighted by molar-refractivity contribution is 8.00. The summed E-state index contributed by atoms with van der Waals surface area (Å²) in [6.07, 6.45) is 0.439. The minimum absolute atomic E-state index is 0.0149. The van der Waals surface area contributed by atoms with Crippen LogP contribution in [0.25, 0.3) is 0 Å². The SMILES string of the molecule is CCOC(=O)c1cc(C#N)c(SC(C)C(=O)N(CC)C2CCS(=O)(=O)C2)nc1C. The Labute approximate surface area is 175 Å². The van der Waals surface area contributed by atoms with Crippen LogP contribution in [0.5, 0.6) is 0 Å². The zero-order valence-electron chi connectivity index (χ0n) is 17.0. The van der Waals surface area contributed by atoms with Gasteiger partial charge < -0.3 is 9.64 Å². The largest absolute Gasteiger partial charge is 0.462 e. The van der Waals surface area contributed by atoms with Gasteiger partial charge in [-0.05, 0) is 40.2 Å². The Hall–Kier alpha value is -2.12. The second kappa shape index (κ2) is 9.59. The number of pyridine rings is 1. The average Bonchev–Trinajstić information content (AvgIpc) is 3.02. The first-order valence-electron chi connectivity index (χ1n) is 9.39. The summed E-state index contributed by atoms with van der Waals surface area (Å²) in [5.41, 5.74) is 0.826. The standard InChI is InChI=1S/C19H25N3O5S2/c1-5-22(15-7-8-29(25,26)11-15)18(23)13(4)28-17-14(10-20)9-16(12(3)21-17)19(24)27-6-2/h9,13,15H,5-8,11H2,1-4H3. The molecule has 0 radical (unpaired) electrons. The van der Waals surface area contributed by atoms with Crippen LogP contribution in [0.4, 0.5) is 0 Å². The summed E-state index contributed by atoms with van der Waals surface area (Å²) in [7, 11) is -3.10. The maximum absolute atomic E-state index is 12.9. The fraction of sp³-hybridized carbons (Fsp3) is 0.579. The number of esters is 1. The third kappa shape index (κ3) is 5.48. The topological polar surface area (TPSA) is 117 Å². The molecule has 1 aromatic heterocycles. The molecule has 0 spiro atoms. The van der Waals surface area contributed by atoms with Crippen molar-refractivity contribution in [1.29, 1.82) is 5.26 Å². The first kappa shape index (κ1) is 23.2. The van der Waals surface area contributed by atoms with Crippen molar-refractivity contribution < 1.29 is 22.7 Å². The van der Waals surface area contributed by atoms with Crippen LogP contribution < -0.4 is 0 Å². The molecule has 0 aromatic carbocycles. The van der Waals surface area contributed by atoms with E-state index in [0.29, 0.717) is 23.7 Å². The van der Waals surface area contributed by atoms with Gasteiger partial charge in [-0.3, -0.25) is 4.79 Å². The molecule has 0 aliphatic carbocycles. The van der Waals surface area contributed by atoms with Gasteiger partial charge in [-0.25, -0.2) is 18.2 Å². The monoisotopic (exact) mass is 439 g/mol. The molecule has 2 unspecified atom stereocenters. The molecule has 1 amide bonds. The quantitative estimate of drug-likeness (QED) is 0.467. The maximum Gasteiger partial charge on any atom is 0.340 e. The van der Waals surface area contributed by atoms with Crippen LogP contribution in [-0.4, -0.2) is 66.1 Å². The number of aryl methyl sites for hydroxylation is 1. The van der Waals surface area contributed by atoms with Crippen LogP contribution in [0.1, 0.15) is 48.8 Å². The molecule has 2 rings (SSSR count). The van der Waals surface area contributed by atoms with Gasteiger partial charge in [-0.2, -0.15) is 5.26 Å². The van der Waals surface area contributed by atoms with E-state index in [9.17, 15) is 23.3 Å². The van der Waals surface area contributed by atoms with Gasteiger partial charge in [0.2, 0.25) is 5.91 Å². The Morgan fingerprint density at radius 3 is 2.66 bits per heavy atom. The second-order valence-corrected chi connectivity index (χ2v) is 10.3. The van der Waals surface area contributed by atoms with Gasteiger partial charge in [0.15, 0.2) is 9.84 Å². The molecule has 158 valence electrons. The van der Waals surface area contributed by atoms with Crippen LogP contribution >= 0.6 is 11.8 Å². The van der Waals surface area contributed by atoms with E-state index in [1.165, 1.54) is 6.07 Å². The molecule has 0 saturated carbocycles. The fourth-order valence-corrected chi connectivity index (χ4v) is 5.96. The Morgan fingerprint density at radius 1 is 1.45 bits per heavy atom. The lowest BCUT2D eigenvalue weighted by atomic mass is 10.1. The molecule has 1 aliphatic rings. The van der Waals surface area contributed by atoms with E-state index in [4.69, 9.17) is 4.74 Å². The zero-order chi connectivity index (χ0) is 21.8. The summed E-state index contributed by atoms with van der Waals surface area (Å²) in [4.78, 5) is 30.9. The van der Waals surface area contributed by atoms with Crippen molar-refractivity contribution in [2.45, 2.75) is 50.4 Å². The van der Waals surface area contributed by atoms with Crippen molar-refractivity contribution in [3.63, 3.8) is 0 Å². The molecule has 1 saturated heterocycles. The van der Waals surface area contributed by atoms with E-state index in [-0.39, 0.29) is 41.2 Å². The number of ether oxygens (including phenoxy) is 1. The lowest BCUT2D eigenvalue weighted by Gasteiger charge is -2.29. The number of hydrogen-bond acceptors (Lipinski definition) is 8. The Balaban J connectivity index is 2.21. The molecular weight excluding hydrogens is 414 g/mol. The summed E-state index contributed by atoms with van der Waals surface area (Å²) in [5.74, 6) is -0.664. The van der Waals surface area contributed by atoms with Gasteiger partial charge in [-0.15, -0.1) is 0 Å². The van der Waals surface area contributed by atoms with E-state index >= 15 is 0 Å². The van der Waals surface area contributed by atoms with E-state index in [2.05, 4.69) is 4.98 Å². The van der Waals surface area contributed by atoms with Crippen molar-refractivity contribution in [2.24, 2.45) is 0 Å². The first-order chi connectivity index (χ1) is 13.6. The van der Waals surface area contributed by atoms with E-state index < -0.39 is 21.1 Å². The number of sulfone groups is 1. The van der Waals surface area contributed by atoms with Crippen molar-refractivity contribution in [2.75, 3.05) is 24.7 Å². The number of carbonyl (C=O) groups excluding carboxylic acids is 2. The molecule has 2 atom stereocenters. The number of nitrogens with zero attached hydrogens (tertiary/aromatic N) is 3. The van der Waals surface area contributed by atoms with Gasteiger partial charge >= 0.3 is 5.97 Å². The molecule has 1 aliphatic heterocycles. The zero-order valence-corrected chi connectivity index (χ0v) is 18.6. The molecule has 10 heteroatoms. The van der Waals surface area contributed by atoms with Gasteiger partial charge in [0.1, 0.15) is 11.1 Å². The number of nitriles is 1. The highest BCUT2D eigenvalue weighted by atomic mass is 32.2. The lowest BCUT2D eigenvalue weighted by Crippen LogP contribution is -2.44. The third-order valence-corrected chi connectivity index (χ3v) is 7.54. The van der Waals surface area contributed by atoms with E-state index in [1.807, 2.05) is 13.0 Å². The lowest BCUT2D eigenvalue weighted by molar-refractivity contribution is -0.131. The number of amides is 1. The molecule has 8 nitrogen and oxygen atoms in total. The first-order valence-corrected chi connectivity index (χ1v) is 12.1. The maximum atomic E-state index is 12.9. The molecule has 29 heavy (non-hydrogen) atoms. The third-order valence-electron chi connectivity index (χ3n) is 4.70. The number of carbonyl (C=O) groups is 2. The Morgan fingerprint density at radius 2 is 2.14 bits per heavy atom. The average molecular weight is 440 g/mol. The predicted molar refractivity (Wildman–Crippen MR) is 109 cm³/mol. The van der Waals surface area contributed by atoms with Gasteiger partial charge in [0.05, 0.1) is 40.2 Å². The minimum Gasteiger partial charge on any atom is -0.462 e. The molecular formula is C19H25N3O5S2. The smallest absolute Gasteiger partial charge is 0.340 e. The molecule has 0 bridgehead atoms.